The number of halogens is 1. The van der Waals surface area contributed by atoms with Gasteiger partial charge in [0.1, 0.15) is 0 Å². The number of hydrogen-bond acceptors (Lipinski definition) is 2. The third-order valence-electron chi connectivity index (χ3n) is 3.91. The van der Waals surface area contributed by atoms with E-state index in [4.69, 9.17) is 11.6 Å². The molecule has 2 aromatic rings. The van der Waals surface area contributed by atoms with Crippen LogP contribution in [0.2, 0.25) is 5.02 Å². The average molecular weight is 344 g/mol. The van der Waals surface area contributed by atoms with Gasteiger partial charge in [0.15, 0.2) is 0 Å². The molecule has 6 heteroatoms. The maximum absolute atomic E-state index is 12.4. The van der Waals surface area contributed by atoms with Crippen LogP contribution in [0.4, 0.5) is 16.2 Å². The van der Waals surface area contributed by atoms with Gasteiger partial charge in [-0.05, 0) is 48.7 Å². The van der Waals surface area contributed by atoms with Crippen molar-refractivity contribution in [1.29, 1.82) is 0 Å². The van der Waals surface area contributed by atoms with Crippen molar-refractivity contribution in [2.24, 2.45) is 0 Å². The van der Waals surface area contributed by atoms with Crippen LogP contribution in [0.3, 0.4) is 0 Å². The van der Waals surface area contributed by atoms with Crippen LogP contribution >= 0.6 is 11.6 Å². The van der Waals surface area contributed by atoms with Gasteiger partial charge in [-0.2, -0.15) is 0 Å². The first-order valence-corrected chi connectivity index (χ1v) is 8.20. The average Bonchev–Trinajstić information content (AvgIpc) is 2.61. The van der Waals surface area contributed by atoms with Crippen LogP contribution in [0.5, 0.6) is 0 Å². The number of hydrogen-bond donors (Lipinski definition) is 2. The molecule has 0 atom stereocenters. The van der Waals surface area contributed by atoms with Gasteiger partial charge in [0, 0.05) is 22.9 Å². The standard InChI is InChI=1S/C18H18ClN3O2/c19-14-7-9-15(10-8-14)21-18(24)20-12-17(23)22-11-3-5-13-4-1-2-6-16(13)22/h1-2,4,6-10H,3,5,11-12H2,(H2,20,21,24). The Labute approximate surface area is 145 Å². The first kappa shape index (κ1) is 16.3. The molecule has 2 N–H and O–H groups in total. The van der Waals surface area contributed by atoms with Crippen molar-refractivity contribution in [3.63, 3.8) is 0 Å². The van der Waals surface area contributed by atoms with E-state index in [1.807, 2.05) is 24.3 Å². The third kappa shape index (κ3) is 3.86. The predicted octanol–water partition coefficient (Wildman–Crippen LogP) is 3.44. The van der Waals surface area contributed by atoms with Gasteiger partial charge < -0.3 is 15.5 Å². The zero-order chi connectivity index (χ0) is 16.9. The summed E-state index contributed by atoms with van der Waals surface area (Å²) in [6.45, 7) is 0.629. The van der Waals surface area contributed by atoms with E-state index in [1.165, 1.54) is 5.56 Å². The van der Waals surface area contributed by atoms with Gasteiger partial charge in [0.05, 0.1) is 6.54 Å². The highest BCUT2D eigenvalue weighted by molar-refractivity contribution is 6.30. The largest absolute Gasteiger partial charge is 0.329 e. The number of fused-ring (bicyclic) bond motifs is 1. The number of urea groups is 1. The summed E-state index contributed by atoms with van der Waals surface area (Å²) in [4.78, 5) is 26.1. The van der Waals surface area contributed by atoms with Crippen LogP contribution < -0.4 is 15.5 Å². The Bertz CT molecular complexity index is 746. The number of amides is 3. The molecule has 0 saturated carbocycles. The maximum atomic E-state index is 12.4. The Morgan fingerprint density at radius 3 is 2.62 bits per heavy atom. The Morgan fingerprint density at radius 1 is 1.08 bits per heavy atom. The number of nitrogens with zero attached hydrogens (tertiary/aromatic N) is 1. The molecule has 0 unspecified atom stereocenters. The lowest BCUT2D eigenvalue weighted by molar-refractivity contribution is -0.117. The van der Waals surface area contributed by atoms with Crippen LogP contribution in [0.1, 0.15) is 12.0 Å². The summed E-state index contributed by atoms with van der Waals surface area (Å²) in [7, 11) is 0. The van der Waals surface area contributed by atoms with Crippen molar-refractivity contribution in [2.45, 2.75) is 12.8 Å². The SMILES string of the molecule is O=C(NCC(=O)N1CCCc2ccccc21)Nc1ccc(Cl)cc1. The maximum Gasteiger partial charge on any atom is 0.319 e. The van der Waals surface area contributed by atoms with Crippen LogP contribution in [-0.2, 0) is 11.2 Å². The third-order valence-corrected chi connectivity index (χ3v) is 4.17. The van der Waals surface area contributed by atoms with Crippen molar-refractivity contribution < 1.29 is 9.59 Å². The predicted molar refractivity (Wildman–Crippen MR) is 95.6 cm³/mol. The monoisotopic (exact) mass is 343 g/mol. The summed E-state index contributed by atoms with van der Waals surface area (Å²) in [5.74, 6) is -0.117. The van der Waals surface area contributed by atoms with Crippen molar-refractivity contribution in [3.05, 3.63) is 59.1 Å². The number of carbonyl (C=O) groups excluding carboxylic acids is 2. The number of rotatable bonds is 3. The molecule has 3 rings (SSSR count). The highest BCUT2D eigenvalue weighted by Crippen LogP contribution is 2.26. The first-order chi connectivity index (χ1) is 11.6. The molecule has 1 aliphatic heterocycles. The van der Waals surface area contributed by atoms with E-state index in [-0.39, 0.29) is 12.5 Å². The lowest BCUT2D eigenvalue weighted by Crippen LogP contribution is -2.43. The van der Waals surface area contributed by atoms with Crippen LogP contribution in [0.25, 0.3) is 0 Å². The molecule has 0 aromatic heterocycles. The molecule has 3 amide bonds. The van der Waals surface area contributed by atoms with E-state index in [9.17, 15) is 9.59 Å². The molecule has 0 aliphatic carbocycles. The number of anilines is 2. The lowest BCUT2D eigenvalue weighted by atomic mass is 10.0. The van der Waals surface area contributed by atoms with Gasteiger partial charge in [0.2, 0.25) is 5.91 Å². The smallest absolute Gasteiger partial charge is 0.319 e. The van der Waals surface area contributed by atoms with Gasteiger partial charge in [-0.1, -0.05) is 29.8 Å². The van der Waals surface area contributed by atoms with Crippen LogP contribution in [0.15, 0.2) is 48.5 Å². The Balaban J connectivity index is 1.56. The topological polar surface area (TPSA) is 61.4 Å². The Kier molecular flexibility index (Phi) is 5.01. The normalized spacial score (nSPS) is 13.1. The summed E-state index contributed by atoms with van der Waals surface area (Å²) in [6, 6.07) is 14.2. The number of benzene rings is 2. The van der Waals surface area contributed by atoms with Gasteiger partial charge in [-0.25, -0.2) is 4.79 Å². The van der Waals surface area contributed by atoms with Crippen molar-refractivity contribution in [2.75, 3.05) is 23.3 Å². The van der Waals surface area contributed by atoms with Crippen molar-refractivity contribution in [1.82, 2.24) is 5.32 Å². The number of nitrogens with one attached hydrogen (secondary N) is 2. The van der Waals surface area contributed by atoms with Crippen LogP contribution in [-0.4, -0.2) is 25.0 Å². The van der Waals surface area contributed by atoms with Gasteiger partial charge >= 0.3 is 6.03 Å². The zero-order valence-corrected chi connectivity index (χ0v) is 13.8. The fourth-order valence-corrected chi connectivity index (χ4v) is 2.88. The van der Waals surface area contributed by atoms with Gasteiger partial charge in [0.25, 0.3) is 0 Å². The number of para-hydroxylation sites is 1. The van der Waals surface area contributed by atoms with E-state index < -0.39 is 6.03 Å². The van der Waals surface area contributed by atoms with Crippen LogP contribution in [0, 0.1) is 0 Å². The highest BCUT2D eigenvalue weighted by atomic mass is 35.5. The van der Waals surface area contributed by atoms with Crippen molar-refractivity contribution >= 4 is 34.9 Å². The molecule has 124 valence electrons. The molecule has 0 fully saturated rings. The molecule has 0 saturated heterocycles. The molecular formula is C18H18ClN3O2. The highest BCUT2D eigenvalue weighted by Gasteiger charge is 2.22. The zero-order valence-electron chi connectivity index (χ0n) is 13.1. The number of carbonyl (C=O) groups is 2. The quantitative estimate of drug-likeness (QED) is 0.896. The molecule has 0 radical (unpaired) electrons. The van der Waals surface area contributed by atoms with E-state index in [2.05, 4.69) is 10.6 Å². The minimum absolute atomic E-state index is 0.0479. The molecular weight excluding hydrogens is 326 g/mol. The summed E-state index contributed by atoms with van der Waals surface area (Å²) in [5, 5.41) is 5.86. The molecule has 0 spiro atoms. The van der Waals surface area contributed by atoms with Gasteiger partial charge in [-0.3, -0.25) is 4.79 Å². The molecule has 24 heavy (non-hydrogen) atoms. The first-order valence-electron chi connectivity index (χ1n) is 7.82. The van der Waals surface area contributed by atoms with Crippen molar-refractivity contribution in [3.8, 4) is 0 Å². The summed E-state index contributed by atoms with van der Waals surface area (Å²) >= 11 is 5.80. The van der Waals surface area contributed by atoms with Gasteiger partial charge in [-0.15, -0.1) is 0 Å². The van der Waals surface area contributed by atoms with E-state index in [1.54, 1.807) is 29.2 Å². The summed E-state index contributed by atoms with van der Waals surface area (Å²) < 4.78 is 0. The molecule has 0 bridgehead atoms. The molecule has 1 heterocycles. The summed E-state index contributed by atoms with van der Waals surface area (Å²) in [5.41, 5.74) is 2.73. The molecule has 2 aromatic carbocycles. The second kappa shape index (κ2) is 7.36. The lowest BCUT2D eigenvalue weighted by Gasteiger charge is -2.29. The second-order valence-electron chi connectivity index (χ2n) is 5.59. The Morgan fingerprint density at radius 2 is 1.83 bits per heavy atom. The summed E-state index contributed by atoms with van der Waals surface area (Å²) in [6.07, 6.45) is 1.91. The number of aryl methyl sites for hydroxylation is 1. The van der Waals surface area contributed by atoms with E-state index in [0.717, 1.165) is 18.5 Å². The Hall–Kier alpha value is -2.53. The van der Waals surface area contributed by atoms with E-state index >= 15 is 0 Å². The fraction of sp³-hybridized carbons (Fsp3) is 0.222. The minimum atomic E-state index is -0.420. The van der Waals surface area contributed by atoms with E-state index in [0.29, 0.717) is 17.3 Å². The minimum Gasteiger partial charge on any atom is -0.329 e. The fourth-order valence-electron chi connectivity index (χ4n) is 2.75. The molecule has 5 nitrogen and oxygen atoms in total. The molecule has 1 aliphatic rings. The second-order valence-corrected chi connectivity index (χ2v) is 6.03.